The van der Waals surface area contributed by atoms with Crippen molar-refractivity contribution >= 4 is 17.5 Å². The second kappa shape index (κ2) is 8.85. The molecule has 1 aliphatic rings. The molecule has 0 saturated carbocycles. The number of hydrogen-bond acceptors (Lipinski definition) is 4. The van der Waals surface area contributed by atoms with Crippen LogP contribution in [-0.2, 0) is 9.59 Å². The summed E-state index contributed by atoms with van der Waals surface area (Å²) in [7, 11) is 2.12. The van der Waals surface area contributed by atoms with Gasteiger partial charge in [-0.2, -0.15) is 0 Å². The van der Waals surface area contributed by atoms with Crippen LogP contribution in [0.15, 0.2) is 24.3 Å². The van der Waals surface area contributed by atoms with Crippen molar-refractivity contribution in [2.45, 2.75) is 45.8 Å². The lowest BCUT2D eigenvalue weighted by molar-refractivity contribution is -0.126. The second-order valence-electron chi connectivity index (χ2n) is 7.06. The highest BCUT2D eigenvalue weighted by atomic mass is 16.5. The Hall–Kier alpha value is -2.08. The van der Waals surface area contributed by atoms with Crippen molar-refractivity contribution in [3.05, 3.63) is 24.3 Å². The molecule has 1 aromatic carbocycles. The molecular formula is C19H29N3O3. The summed E-state index contributed by atoms with van der Waals surface area (Å²) in [4.78, 5) is 25.9. The van der Waals surface area contributed by atoms with Gasteiger partial charge in [0.1, 0.15) is 17.9 Å². The van der Waals surface area contributed by atoms with Crippen LogP contribution in [0.3, 0.4) is 0 Å². The standard InChI is InChI=1S/C19H29N3O3/c1-13(2)18(20-14(3)23)19(24)21-15-5-7-16(8-6-15)25-17-9-11-22(4)12-10-17/h5-8,13,17-18H,9-12H2,1-4H3,(H,20,23)(H,21,24). The highest BCUT2D eigenvalue weighted by Crippen LogP contribution is 2.21. The number of likely N-dealkylation sites (tertiary alicyclic amines) is 1. The number of rotatable bonds is 6. The number of amides is 2. The van der Waals surface area contributed by atoms with Crippen LogP contribution in [0, 0.1) is 5.92 Å². The summed E-state index contributed by atoms with van der Waals surface area (Å²) in [6.07, 6.45) is 2.31. The van der Waals surface area contributed by atoms with E-state index in [1.54, 1.807) is 0 Å². The normalized spacial score (nSPS) is 17.2. The Balaban J connectivity index is 1.90. The summed E-state index contributed by atoms with van der Waals surface area (Å²) in [6, 6.07) is 6.85. The van der Waals surface area contributed by atoms with Gasteiger partial charge >= 0.3 is 0 Å². The predicted molar refractivity (Wildman–Crippen MR) is 98.7 cm³/mol. The zero-order chi connectivity index (χ0) is 18.4. The average molecular weight is 347 g/mol. The van der Waals surface area contributed by atoms with Crippen LogP contribution in [0.5, 0.6) is 5.75 Å². The third-order valence-corrected chi connectivity index (χ3v) is 4.40. The fourth-order valence-corrected chi connectivity index (χ4v) is 2.89. The van der Waals surface area contributed by atoms with Crippen molar-refractivity contribution in [1.29, 1.82) is 0 Å². The lowest BCUT2D eigenvalue weighted by atomic mass is 10.0. The van der Waals surface area contributed by atoms with E-state index in [2.05, 4.69) is 22.6 Å². The molecule has 2 rings (SSSR count). The number of hydrogen-bond donors (Lipinski definition) is 2. The van der Waals surface area contributed by atoms with Crippen molar-refractivity contribution in [2.75, 3.05) is 25.5 Å². The fourth-order valence-electron chi connectivity index (χ4n) is 2.89. The van der Waals surface area contributed by atoms with Gasteiger partial charge in [0.15, 0.2) is 0 Å². The third kappa shape index (κ3) is 6.05. The highest BCUT2D eigenvalue weighted by Gasteiger charge is 2.23. The van der Waals surface area contributed by atoms with Crippen molar-refractivity contribution < 1.29 is 14.3 Å². The number of ether oxygens (including phenoxy) is 1. The SMILES string of the molecule is CC(=O)NC(C(=O)Nc1ccc(OC2CCN(C)CC2)cc1)C(C)C. The molecule has 0 spiro atoms. The Morgan fingerprint density at radius 1 is 1.16 bits per heavy atom. The average Bonchev–Trinajstić information content (AvgIpc) is 2.56. The van der Waals surface area contributed by atoms with E-state index in [1.807, 2.05) is 38.1 Å². The Labute approximate surface area is 149 Å². The van der Waals surface area contributed by atoms with E-state index in [9.17, 15) is 9.59 Å². The summed E-state index contributed by atoms with van der Waals surface area (Å²) in [6.45, 7) is 7.33. The summed E-state index contributed by atoms with van der Waals surface area (Å²) >= 11 is 0. The van der Waals surface area contributed by atoms with Gasteiger partial charge in [0.2, 0.25) is 11.8 Å². The lowest BCUT2D eigenvalue weighted by Gasteiger charge is -2.29. The Morgan fingerprint density at radius 3 is 2.28 bits per heavy atom. The summed E-state index contributed by atoms with van der Waals surface area (Å²) < 4.78 is 6.01. The molecule has 6 heteroatoms. The van der Waals surface area contributed by atoms with E-state index in [1.165, 1.54) is 6.92 Å². The van der Waals surface area contributed by atoms with E-state index in [-0.39, 0.29) is 23.8 Å². The summed E-state index contributed by atoms with van der Waals surface area (Å²) in [5.74, 6) is 0.399. The van der Waals surface area contributed by atoms with E-state index in [0.29, 0.717) is 5.69 Å². The monoisotopic (exact) mass is 347 g/mol. The van der Waals surface area contributed by atoms with E-state index in [0.717, 1.165) is 31.7 Å². The first-order valence-electron chi connectivity index (χ1n) is 8.88. The van der Waals surface area contributed by atoms with Gasteiger partial charge in [-0.25, -0.2) is 0 Å². The molecule has 1 unspecified atom stereocenters. The van der Waals surface area contributed by atoms with Crippen LogP contribution in [0.25, 0.3) is 0 Å². The van der Waals surface area contributed by atoms with Crippen LogP contribution in [-0.4, -0.2) is 49.0 Å². The molecule has 0 bridgehead atoms. The number of piperidine rings is 1. The number of nitrogens with zero attached hydrogens (tertiary/aromatic N) is 1. The van der Waals surface area contributed by atoms with Crippen molar-refractivity contribution in [3.8, 4) is 5.75 Å². The molecule has 1 aliphatic heterocycles. The molecule has 1 fully saturated rings. The number of carbonyl (C=O) groups is 2. The van der Waals surface area contributed by atoms with Crippen LogP contribution >= 0.6 is 0 Å². The van der Waals surface area contributed by atoms with Crippen LogP contribution < -0.4 is 15.4 Å². The fraction of sp³-hybridized carbons (Fsp3) is 0.579. The minimum Gasteiger partial charge on any atom is -0.490 e. The van der Waals surface area contributed by atoms with Crippen LogP contribution in [0.1, 0.15) is 33.6 Å². The molecule has 6 nitrogen and oxygen atoms in total. The molecule has 1 heterocycles. The molecule has 0 aromatic heterocycles. The van der Waals surface area contributed by atoms with Gasteiger partial charge < -0.3 is 20.3 Å². The van der Waals surface area contributed by atoms with Gasteiger partial charge in [0, 0.05) is 25.7 Å². The molecule has 25 heavy (non-hydrogen) atoms. The lowest BCUT2D eigenvalue weighted by Crippen LogP contribution is -2.46. The van der Waals surface area contributed by atoms with Crippen LogP contribution in [0.4, 0.5) is 5.69 Å². The van der Waals surface area contributed by atoms with Gasteiger partial charge in [-0.3, -0.25) is 9.59 Å². The Kier molecular flexibility index (Phi) is 6.82. The smallest absolute Gasteiger partial charge is 0.247 e. The topological polar surface area (TPSA) is 70.7 Å². The molecule has 2 amide bonds. The van der Waals surface area contributed by atoms with Crippen molar-refractivity contribution in [1.82, 2.24) is 10.2 Å². The molecule has 1 saturated heterocycles. The van der Waals surface area contributed by atoms with Gasteiger partial charge in [-0.15, -0.1) is 0 Å². The molecule has 0 aliphatic carbocycles. The molecule has 0 radical (unpaired) electrons. The Bertz CT molecular complexity index is 578. The van der Waals surface area contributed by atoms with Crippen molar-refractivity contribution in [3.63, 3.8) is 0 Å². The van der Waals surface area contributed by atoms with Gasteiger partial charge in [-0.05, 0) is 50.1 Å². The summed E-state index contributed by atoms with van der Waals surface area (Å²) in [5, 5.41) is 5.54. The first-order valence-corrected chi connectivity index (χ1v) is 8.88. The summed E-state index contributed by atoms with van der Waals surface area (Å²) in [5.41, 5.74) is 0.691. The first-order chi connectivity index (χ1) is 11.8. The minimum atomic E-state index is -0.548. The predicted octanol–water partition coefficient (Wildman–Crippen LogP) is 2.26. The quantitative estimate of drug-likeness (QED) is 0.828. The van der Waals surface area contributed by atoms with E-state index in [4.69, 9.17) is 4.74 Å². The molecule has 138 valence electrons. The molecular weight excluding hydrogens is 318 g/mol. The van der Waals surface area contributed by atoms with Crippen molar-refractivity contribution in [2.24, 2.45) is 5.92 Å². The zero-order valence-electron chi connectivity index (χ0n) is 15.5. The van der Waals surface area contributed by atoms with Gasteiger partial charge in [0.25, 0.3) is 0 Å². The maximum absolute atomic E-state index is 12.4. The van der Waals surface area contributed by atoms with Gasteiger partial charge in [0.05, 0.1) is 0 Å². The van der Waals surface area contributed by atoms with E-state index < -0.39 is 6.04 Å². The number of anilines is 1. The molecule has 1 aromatic rings. The third-order valence-electron chi connectivity index (χ3n) is 4.40. The van der Waals surface area contributed by atoms with E-state index >= 15 is 0 Å². The first kappa shape index (κ1) is 19.2. The minimum absolute atomic E-state index is 0.0101. The second-order valence-corrected chi connectivity index (χ2v) is 7.06. The van der Waals surface area contributed by atoms with Crippen LogP contribution in [0.2, 0.25) is 0 Å². The zero-order valence-corrected chi connectivity index (χ0v) is 15.5. The molecule has 2 N–H and O–H groups in total. The maximum atomic E-state index is 12.4. The molecule has 1 atom stereocenters. The maximum Gasteiger partial charge on any atom is 0.247 e. The van der Waals surface area contributed by atoms with Gasteiger partial charge in [-0.1, -0.05) is 13.8 Å². The number of carbonyl (C=O) groups excluding carboxylic acids is 2. The largest absolute Gasteiger partial charge is 0.490 e. The Morgan fingerprint density at radius 2 is 1.76 bits per heavy atom. The number of nitrogens with one attached hydrogen (secondary N) is 2. The number of benzene rings is 1. The highest BCUT2D eigenvalue weighted by molar-refractivity contribution is 5.97.